The summed E-state index contributed by atoms with van der Waals surface area (Å²) in [6.07, 6.45) is -1.13. The molecule has 49 heavy (non-hydrogen) atoms. The Morgan fingerprint density at radius 2 is 1.06 bits per heavy atom. The van der Waals surface area contributed by atoms with Crippen LogP contribution >= 0.6 is 11.6 Å². The molecule has 2 aliphatic rings. The highest BCUT2D eigenvalue weighted by molar-refractivity contribution is 6.31. The second-order valence-electron chi connectivity index (χ2n) is 13.4. The van der Waals surface area contributed by atoms with Gasteiger partial charge in [0.05, 0.1) is 24.1 Å². The van der Waals surface area contributed by atoms with Crippen LogP contribution in [0.2, 0.25) is 5.02 Å². The zero-order chi connectivity index (χ0) is 35.5. The average Bonchev–Trinajstić information content (AvgIpc) is 3.32. The van der Waals surface area contributed by atoms with E-state index >= 15 is 0 Å². The van der Waals surface area contributed by atoms with Crippen LogP contribution in [0.25, 0.3) is 11.0 Å². The maximum atomic E-state index is 14.0. The summed E-state index contributed by atoms with van der Waals surface area (Å²) in [6.45, 7) is 4.45. The third-order valence-electron chi connectivity index (χ3n) is 9.64. The lowest BCUT2D eigenvalue weighted by Crippen LogP contribution is -2.60. The summed E-state index contributed by atoms with van der Waals surface area (Å²) < 4.78 is 25.5. The molecule has 4 rings (SSSR count). The van der Waals surface area contributed by atoms with Crippen molar-refractivity contribution in [2.45, 2.75) is 165 Å². The van der Waals surface area contributed by atoms with Gasteiger partial charge in [-0.05, 0) is 31.0 Å². The molecule has 0 saturated carbocycles. The summed E-state index contributed by atoms with van der Waals surface area (Å²) in [4.78, 5) is 14.0. The maximum absolute atomic E-state index is 14.0. The van der Waals surface area contributed by atoms with Crippen LogP contribution in [0.5, 0.6) is 0 Å². The SMILES string of the molecule is CCCCCCCCO[C@@H]1[C@@H](O)[C@H](O)O[C@H](Cn2c(=O)n(C[C@H]3O[C@H](O)[C@H](O)[C@@H](OCCCCCCCC)[C@@H]3O)c3ccc(Cl)cc32)[C@H]1O. The number of aliphatic hydroxyl groups excluding tert-OH is 6. The van der Waals surface area contributed by atoms with E-state index in [4.69, 9.17) is 30.5 Å². The van der Waals surface area contributed by atoms with Gasteiger partial charge in [0.1, 0.15) is 48.8 Å². The smallest absolute Gasteiger partial charge is 0.329 e. The molecular weight excluding hydrogens is 660 g/mol. The van der Waals surface area contributed by atoms with Crippen molar-refractivity contribution in [2.24, 2.45) is 0 Å². The number of rotatable bonds is 20. The van der Waals surface area contributed by atoms with Gasteiger partial charge in [-0.25, -0.2) is 4.79 Å². The van der Waals surface area contributed by atoms with E-state index in [1.165, 1.54) is 22.0 Å². The summed E-state index contributed by atoms with van der Waals surface area (Å²) >= 11 is 6.32. The Balaban J connectivity index is 1.47. The van der Waals surface area contributed by atoms with E-state index in [1.54, 1.807) is 18.2 Å². The van der Waals surface area contributed by atoms with Gasteiger partial charge >= 0.3 is 5.69 Å². The minimum atomic E-state index is -1.65. The molecule has 3 heterocycles. The molecule has 0 spiro atoms. The Kier molecular flexibility index (Phi) is 16.3. The molecule has 280 valence electrons. The monoisotopic (exact) mass is 716 g/mol. The number of aliphatic hydroxyl groups is 6. The minimum absolute atomic E-state index is 0.203. The molecule has 0 aliphatic carbocycles. The maximum Gasteiger partial charge on any atom is 0.329 e. The molecular formula is C35H57ClN2O11. The lowest BCUT2D eigenvalue weighted by atomic mass is 9.98. The molecule has 14 heteroatoms. The Bertz CT molecular complexity index is 1320. The topological polar surface area (TPSA) is 185 Å². The van der Waals surface area contributed by atoms with Crippen LogP contribution in [0.15, 0.2) is 23.0 Å². The van der Waals surface area contributed by atoms with Crippen molar-refractivity contribution in [3.05, 3.63) is 33.7 Å². The number of aromatic nitrogens is 2. The standard InChI is InChI=1S/C35H57ClN2O11/c1-3-5-7-9-11-13-17-46-31-27(39)25(48-33(43)29(31)41)20-37-23-16-15-22(36)19-24(23)38(35(37)45)21-26-28(40)32(30(42)34(44)49-26)47-18-14-12-10-8-6-4-2/h15-16,19,25-34,39-44H,3-14,17-18,20-21H2,1-2H3/t25-,26-,27-,28-,29-,30-,31+,32+,33+,34-/m1/s1. The van der Waals surface area contributed by atoms with Crippen molar-refractivity contribution < 1.29 is 49.6 Å². The molecule has 0 unspecified atom stereocenters. The van der Waals surface area contributed by atoms with Crippen molar-refractivity contribution in [1.29, 1.82) is 0 Å². The lowest BCUT2D eigenvalue weighted by Gasteiger charge is -2.40. The van der Waals surface area contributed by atoms with E-state index in [-0.39, 0.29) is 26.3 Å². The highest BCUT2D eigenvalue weighted by atomic mass is 35.5. The Hall–Kier alpha value is -1.62. The first-order chi connectivity index (χ1) is 23.6. The summed E-state index contributed by atoms with van der Waals surface area (Å²) in [5.74, 6) is 0. The zero-order valence-electron chi connectivity index (χ0n) is 28.8. The summed E-state index contributed by atoms with van der Waals surface area (Å²) in [6, 6.07) is 4.81. The fourth-order valence-electron chi connectivity index (χ4n) is 6.74. The lowest BCUT2D eigenvalue weighted by molar-refractivity contribution is -0.292. The summed E-state index contributed by atoms with van der Waals surface area (Å²) in [5, 5.41) is 64.9. The second-order valence-corrected chi connectivity index (χ2v) is 13.9. The fourth-order valence-corrected chi connectivity index (χ4v) is 6.90. The van der Waals surface area contributed by atoms with Gasteiger partial charge in [0.15, 0.2) is 12.6 Å². The molecule has 0 amide bonds. The molecule has 1 aromatic carbocycles. The van der Waals surface area contributed by atoms with E-state index < -0.39 is 67.1 Å². The summed E-state index contributed by atoms with van der Waals surface area (Å²) in [5.41, 5.74) is 0.261. The van der Waals surface area contributed by atoms with Crippen molar-refractivity contribution in [2.75, 3.05) is 13.2 Å². The van der Waals surface area contributed by atoms with E-state index in [1.807, 2.05) is 0 Å². The molecule has 0 radical (unpaired) electrons. The van der Waals surface area contributed by atoms with Gasteiger partial charge in [0, 0.05) is 18.2 Å². The van der Waals surface area contributed by atoms with Crippen molar-refractivity contribution in [1.82, 2.24) is 9.13 Å². The Morgan fingerprint density at radius 3 is 1.53 bits per heavy atom. The van der Waals surface area contributed by atoms with Crippen LogP contribution in [-0.2, 0) is 32.0 Å². The van der Waals surface area contributed by atoms with Crippen LogP contribution in [0.3, 0.4) is 0 Å². The van der Waals surface area contributed by atoms with Crippen molar-refractivity contribution in [3.63, 3.8) is 0 Å². The van der Waals surface area contributed by atoms with Crippen LogP contribution in [0.1, 0.15) is 90.9 Å². The van der Waals surface area contributed by atoms with Gasteiger partial charge in [-0.2, -0.15) is 0 Å². The number of imidazole rings is 1. The largest absolute Gasteiger partial charge is 0.388 e. The highest BCUT2D eigenvalue weighted by Gasteiger charge is 2.46. The van der Waals surface area contributed by atoms with E-state index in [2.05, 4.69) is 13.8 Å². The third-order valence-corrected chi connectivity index (χ3v) is 9.88. The van der Waals surface area contributed by atoms with E-state index in [0.29, 0.717) is 16.1 Å². The number of hydrogen-bond acceptors (Lipinski definition) is 11. The molecule has 13 nitrogen and oxygen atoms in total. The third kappa shape index (κ3) is 10.5. The number of fused-ring (bicyclic) bond motifs is 1. The molecule has 2 fully saturated rings. The van der Waals surface area contributed by atoms with Gasteiger partial charge in [-0.15, -0.1) is 0 Å². The first kappa shape index (κ1) is 40.2. The molecule has 6 N–H and O–H groups in total. The number of benzene rings is 1. The van der Waals surface area contributed by atoms with Crippen LogP contribution in [0.4, 0.5) is 0 Å². The normalized spacial score (nSPS) is 30.7. The van der Waals surface area contributed by atoms with Gasteiger partial charge < -0.3 is 49.6 Å². The van der Waals surface area contributed by atoms with Crippen molar-refractivity contribution in [3.8, 4) is 0 Å². The Labute approximate surface area is 293 Å². The van der Waals surface area contributed by atoms with Gasteiger partial charge in [-0.1, -0.05) is 89.7 Å². The van der Waals surface area contributed by atoms with E-state index in [9.17, 15) is 35.4 Å². The van der Waals surface area contributed by atoms with Crippen LogP contribution in [-0.4, -0.2) is 114 Å². The molecule has 0 bridgehead atoms. The predicted octanol–water partition coefficient (Wildman–Crippen LogP) is 2.83. The number of halogens is 1. The molecule has 2 aliphatic heterocycles. The number of hydrogen-bond donors (Lipinski definition) is 6. The first-order valence-electron chi connectivity index (χ1n) is 18.1. The van der Waals surface area contributed by atoms with Crippen LogP contribution < -0.4 is 5.69 Å². The zero-order valence-corrected chi connectivity index (χ0v) is 29.6. The molecule has 1 aromatic heterocycles. The van der Waals surface area contributed by atoms with Gasteiger partial charge in [-0.3, -0.25) is 9.13 Å². The number of unbranched alkanes of at least 4 members (excludes halogenated alkanes) is 10. The Morgan fingerprint density at radius 1 is 0.633 bits per heavy atom. The first-order valence-corrected chi connectivity index (χ1v) is 18.5. The van der Waals surface area contributed by atoms with Gasteiger partial charge in [0.25, 0.3) is 0 Å². The average molecular weight is 717 g/mol. The fraction of sp³-hybridized carbons (Fsp3) is 0.800. The highest BCUT2D eigenvalue weighted by Crippen LogP contribution is 2.28. The van der Waals surface area contributed by atoms with E-state index in [0.717, 1.165) is 64.2 Å². The molecule has 2 saturated heterocycles. The second kappa shape index (κ2) is 19.8. The van der Waals surface area contributed by atoms with Crippen molar-refractivity contribution >= 4 is 22.6 Å². The number of ether oxygens (including phenoxy) is 4. The predicted molar refractivity (Wildman–Crippen MR) is 183 cm³/mol. The molecule has 10 atom stereocenters. The van der Waals surface area contributed by atoms with Gasteiger partial charge in [0.2, 0.25) is 0 Å². The molecule has 2 aromatic rings. The quantitative estimate of drug-likeness (QED) is 0.111. The minimum Gasteiger partial charge on any atom is -0.388 e. The summed E-state index contributed by atoms with van der Waals surface area (Å²) in [7, 11) is 0. The number of nitrogens with zero attached hydrogens (tertiary/aromatic N) is 2. The van der Waals surface area contributed by atoms with Crippen LogP contribution in [0, 0.1) is 0 Å².